The lowest BCUT2D eigenvalue weighted by molar-refractivity contribution is -0.162. The molecule has 0 aliphatic carbocycles. The number of unbranched alkanes of at least 4 members (excludes halogenated alkanes) is 1. The summed E-state index contributed by atoms with van der Waals surface area (Å²) in [4.78, 5) is 21.5. The van der Waals surface area contributed by atoms with Crippen molar-refractivity contribution in [1.82, 2.24) is 0 Å². The summed E-state index contributed by atoms with van der Waals surface area (Å²) in [5.74, 6) is -1.49. The van der Waals surface area contributed by atoms with Gasteiger partial charge in [0.05, 0.1) is 6.61 Å². The van der Waals surface area contributed by atoms with Gasteiger partial charge in [0, 0.05) is 6.92 Å². The maximum Gasteiger partial charge on any atom is 0.362 e. The molecule has 78 valence electrons. The summed E-state index contributed by atoms with van der Waals surface area (Å²) >= 11 is 0. The fraction of sp³-hybridized carbons (Fsp3) is 0.667. The van der Waals surface area contributed by atoms with Crippen LogP contribution >= 0.6 is 0 Å². The molecule has 14 heavy (non-hydrogen) atoms. The molecule has 0 saturated heterocycles. The molecule has 0 spiro atoms. The molecule has 0 aromatic rings. The summed E-state index contributed by atoms with van der Waals surface area (Å²) in [5.41, 5.74) is 0. The van der Waals surface area contributed by atoms with Crippen LogP contribution in [0.3, 0.4) is 0 Å². The van der Waals surface area contributed by atoms with E-state index in [9.17, 15) is 9.59 Å². The third kappa shape index (κ3) is 5.14. The Morgan fingerprint density at radius 1 is 1.50 bits per heavy atom. The molecule has 0 aromatic carbocycles. The average molecular weight is 199 g/mol. The highest BCUT2D eigenvalue weighted by atomic mass is 16.6. The smallest absolute Gasteiger partial charge is 0.362 e. The van der Waals surface area contributed by atoms with Crippen molar-refractivity contribution in [3.63, 3.8) is 0 Å². The molecule has 5 nitrogen and oxygen atoms in total. The molecular weight excluding hydrogens is 186 g/mol. The largest absolute Gasteiger partial charge is 0.462 e. The number of ether oxygens (including phenoxy) is 2. The van der Waals surface area contributed by atoms with Gasteiger partial charge in [-0.05, 0) is 6.42 Å². The van der Waals surface area contributed by atoms with Crippen LogP contribution in [-0.4, -0.2) is 24.6 Å². The van der Waals surface area contributed by atoms with Crippen molar-refractivity contribution in [3.8, 4) is 6.07 Å². The molecule has 0 aromatic heterocycles. The summed E-state index contributed by atoms with van der Waals surface area (Å²) in [7, 11) is 0. The van der Waals surface area contributed by atoms with Gasteiger partial charge in [0.25, 0.3) is 6.10 Å². The minimum atomic E-state index is -1.44. The number of rotatable bonds is 5. The van der Waals surface area contributed by atoms with Gasteiger partial charge < -0.3 is 9.47 Å². The van der Waals surface area contributed by atoms with Crippen LogP contribution in [-0.2, 0) is 19.1 Å². The fourth-order valence-electron chi connectivity index (χ4n) is 0.686. The van der Waals surface area contributed by atoms with Crippen molar-refractivity contribution in [1.29, 1.82) is 5.26 Å². The molecule has 0 aliphatic heterocycles. The van der Waals surface area contributed by atoms with Crippen LogP contribution in [0.2, 0.25) is 0 Å². The van der Waals surface area contributed by atoms with E-state index < -0.39 is 18.0 Å². The highest BCUT2D eigenvalue weighted by molar-refractivity contribution is 5.81. The Bertz CT molecular complexity index is 244. The Morgan fingerprint density at radius 3 is 2.57 bits per heavy atom. The quantitative estimate of drug-likeness (QED) is 0.483. The molecule has 0 bridgehead atoms. The van der Waals surface area contributed by atoms with E-state index in [4.69, 9.17) is 10.00 Å². The van der Waals surface area contributed by atoms with E-state index in [1.807, 2.05) is 6.92 Å². The number of hydrogen-bond acceptors (Lipinski definition) is 5. The summed E-state index contributed by atoms with van der Waals surface area (Å²) in [6.45, 7) is 3.32. The van der Waals surface area contributed by atoms with Crippen molar-refractivity contribution in [2.24, 2.45) is 0 Å². The Labute approximate surface area is 82.6 Å². The van der Waals surface area contributed by atoms with Gasteiger partial charge in [0.1, 0.15) is 6.07 Å². The van der Waals surface area contributed by atoms with Gasteiger partial charge in [-0.2, -0.15) is 5.26 Å². The first kappa shape index (κ1) is 12.4. The second-order valence-electron chi connectivity index (χ2n) is 2.64. The first-order valence-corrected chi connectivity index (χ1v) is 4.35. The van der Waals surface area contributed by atoms with Crippen molar-refractivity contribution in [3.05, 3.63) is 0 Å². The molecule has 0 radical (unpaired) electrons. The minimum absolute atomic E-state index is 0.245. The highest BCUT2D eigenvalue weighted by Gasteiger charge is 2.22. The van der Waals surface area contributed by atoms with Gasteiger partial charge >= 0.3 is 11.9 Å². The standard InChI is InChI=1S/C9H13NO4/c1-3-4-5-13-9(12)8(6-10)14-7(2)11/h8H,3-5H2,1-2H3. The number of nitrogens with zero attached hydrogens (tertiary/aromatic N) is 1. The van der Waals surface area contributed by atoms with Crippen molar-refractivity contribution in [2.75, 3.05) is 6.61 Å². The topological polar surface area (TPSA) is 76.4 Å². The van der Waals surface area contributed by atoms with Crippen molar-refractivity contribution >= 4 is 11.9 Å². The SMILES string of the molecule is CCCCOC(=O)C(C#N)OC(C)=O. The fourth-order valence-corrected chi connectivity index (χ4v) is 0.686. The predicted octanol–water partition coefficient (Wildman–Crippen LogP) is 0.785. The van der Waals surface area contributed by atoms with E-state index in [0.717, 1.165) is 19.8 Å². The lowest BCUT2D eigenvalue weighted by Crippen LogP contribution is -2.27. The molecule has 0 aliphatic rings. The maximum absolute atomic E-state index is 11.1. The maximum atomic E-state index is 11.1. The predicted molar refractivity (Wildman–Crippen MR) is 47.0 cm³/mol. The lowest BCUT2D eigenvalue weighted by atomic mass is 10.3. The van der Waals surface area contributed by atoms with Crippen LogP contribution in [0.25, 0.3) is 0 Å². The average Bonchev–Trinajstić information content (AvgIpc) is 2.14. The molecule has 0 saturated carbocycles. The van der Waals surface area contributed by atoms with Gasteiger partial charge in [-0.3, -0.25) is 4.79 Å². The zero-order valence-electron chi connectivity index (χ0n) is 8.28. The Balaban J connectivity index is 3.94. The highest BCUT2D eigenvalue weighted by Crippen LogP contribution is 1.97. The zero-order valence-corrected chi connectivity index (χ0v) is 8.28. The van der Waals surface area contributed by atoms with Crippen LogP contribution in [0, 0.1) is 11.3 Å². The number of carbonyl (C=O) groups is 2. The number of esters is 2. The van der Waals surface area contributed by atoms with Crippen LogP contribution in [0.5, 0.6) is 0 Å². The summed E-state index contributed by atoms with van der Waals surface area (Å²) in [6.07, 6.45) is 0.173. The van der Waals surface area contributed by atoms with Gasteiger partial charge in [-0.1, -0.05) is 13.3 Å². The molecule has 5 heteroatoms. The first-order valence-electron chi connectivity index (χ1n) is 4.35. The molecule has 0 amide bonds. The molecular formula is C9H13NO4. The van der Waals surface area contributed by atoms with Crippen molar-refractivity contribution in [2.45, 2.75) is 32.8 Å². The Hall–Kier alpha value is -1.57. The Morgan fingerprint density at radius 2 is 2.14 bits per heavy atom. The monoisotopic (exact) mass is 199 g/mol. The summed E-state index contributed by atoms with van der Waals surface area (Å²) in [6, 6.07) is 1.54. The normalized spacial score (nSPS) is 11.2. The second-order valence-corrected chi connectivity index (χ2v) is 2.64. The van der Waals surface area contributed by atoms with Gasteiger partial charge in [-0.15, -0.1) is 0 Å². The zero-order chi connectivity index (χ0) is 11.0. The first-order chi connectivity index (χ1) is 6.61. The van der Waals surface area contributed by atoms with Crippen LogP contribution in [0.1, 0.15) is 26.7 Å². The summed E-state index contributed by atoms with van der Waals surface area (Å²) in [5, 5.41) is 8.47. The second kappa shape index (κ2) is 6.89. The van der Waals surface area contributed by atoms with E-state index >= 15 is 0 Å². The van der Waals surface area contributed by atoms with E-state index in [1.165, 1.54) is 0 Å². The Kier molecular flexibility index (Phi) is 6.12. The van der Waals surface area contributed by atoms with Gasteiger partial charge in [-0.25, -0.2) is 4.79 Å². The molecule has 1 unspecified atom stereocenters. The minimum Gasteiger partial charge on any atom is -0.462 e. The molecule has 0 rings (SSSR count). The lowest BCUT2D eigenvalue weighted by Gasteiger charge is -2.08. The number of nitriles is 1. The van der Waals surface area contributed by atoms with Gasteiger partial charge in [0.2, 0.25) is 0 Å². The number of hydrogen-bond donors (Lipinski definition) is 0. The van der Waals surface area contributed by atoms with E-state index in [-0.39, 0.29) is 6.61 Å². The third-order valence-electron chi connectivity index (χ3n) is 1.36. The van der Waals surface area contributed by atoms with Crippen LogP contribution < -0.4 is 0 Å². The molecule has 0 N–H and O–H groups in total. The van der Waals surface area contributed by atoms with Gasteiger partial charge in [0.15, 0.2) is 0 Å². The van der Waals surface area contributed by atoms with Crippen LogP contribution in [0.4, 0.5) is 0 Å². The van der Waals surface area contributed by atoms with Crippen molar-refractivity contribution < 1.29 is 19.1 Å². The van der Waals surface area contributed by atoms with E-state index in [0.29, 0.717) is 0 Å². The third-order valence-corrected chi connectivity index (χ3v) is 1.36. The number of carbonyl (C=O) groups excluding carboxylic acids is 2. The van der Waals surface area contributed by atoms with E-state index in [2.05, 4.69) is 4.74 Å². The van der Waals surface area contributed by atoms with Crippen LogP contribution in [0.15, 0.2) is 0 Å². The molecule has 0 heterocycles. The summed E-state index contributed by atoms with van der Waals surface area (Å²) < 4.78 is 9.12. The van der Waals surface area contributed by atoms with E-state index in [1.54, 1.807) is 6.07 Å². The molecule has 1 atom stereocenters. The molecule has 0 fully saturated rings.